The van der Waals surface area contributed by atoms with Crippen LogP contribution in [0, 0.1) is 17.6 Å². The number of sulfonamides is 1. The molecule has 5 nitrogen and oxygen atoms in total. The van der Waals surface area contributed by atoms with Gasteiger partial charge < -0.3 is 5.73 Å². The molecule has 8 heteroatoms. The number of benzene rings is 1. The lowest BCUT2D eigenvalue weighted by atomic mass is 9.99. The smallest absolute Gasteiger partial charge is 0.243 e. The Bertz CT molecular complexity index is 634. The van der Waals surface area contributed by atoms with Crippen LogP contribution in [0.2, 0.25) is 0 Å². The van der Waals surface area contributed by atoms with Crippen LogP contribution in [0.3, 0.4) is 0 Å². The van der Waals surface area contributed by atoms with E-state index in [9.17, 15) is 22.0 Å². The van der Waals surface area contributed by atoms with Gasteiger partial charge in [-0.15, -0.1) is 0 Å². The Labute approximate surface area is 115 Å². The Balaban J connectivity index is 2.29. The minimum Gasteiger partial charge on any atom is -0.369 e. The van der Waals surface area contributed by atoms with Crippen molar-refractivity contribution in [3.8, 4) is 0 Å². The van der Waals surface area contributed by atoms with Gasteiger partial charge in [0, 0.05) is 13.1 Å². The summed E-state index contributed by atoms with van der Waals surface area (Å²) in [5, 5.41) is 0. The molecule has 2 N–H and O–H groups in total. The molecular formula is C12H14F2N2O3S. The average molecular weight is 304 g/mol. The molecule has 0 aliphatic carbocycles. The fraction of sp³-hybridized carbons (Fsp3) is 0.417. The number of halogens is 2. The lowest BCUT2D eigenvalue weighted by Gasteiger charge is -2.30. The number of hydrogen-bond acceptors (Lipinski definition) is 3. The van der Waals surface area contributed by atoms with Gasteiger partial charge in [0.05, 0.1) is 10.8 Å². The number of carbonyl (C=O) groups excluding carboxylic acids is 1. The largest absolute Gasteiger partial charge is 0.369 e. The molecule has 0 aromatic heterocycles. The van der Waals surface area contributed by atoms with E-state index in [1.807, 2.05) is 0 Å². The second-order valence-corrected chi connectivity index (χ2v) is 6.62. The van der Waals surface area contributed by atoms with E-state index in [2.05, 4.69) is 0 Å². The van der Waals surface area contributed by atoms with Crippen LogP contribution in [-0.4, -0.2) is 31.7 Å². The molecule has 0 radical (unpaired) electrons. The first kappa shape index (κ1) is 14.9. The van der Waals surface area contributed by atoms with Crippen LogP contribution in [-0.2, 0) is 14.8 Å². The van der Waals surface area contributed by atoms with Crippen LogP contribution >= 0.6 is 0 Å². The van der Waals surface area contributed by atoms with Crippen LogP contribution in [0.15, 0.2) is 23.1 Å². The Morgan fingerprint density at radius 1 is 1.30 bits per heavy atom. The fourth-order valence-corrected chi connectivity index (χ4v) is 3.72. The summed E-state index contributed by atoms with van der Waals surface area (Å²) in [4.78, 5) is 10.8. The molecular weight excluding hydrogens is 290 g/mol. The molecule has 0 spiro atoms. The monoisotopic (exact) mass is 304 g/mol. The standard InChI is InChI=1S/C12H14F2N2O3S/c13-10-4-3-9(6-11(10)14)20(18,19)16-5-1-2-8(7-16)12(15)17/h3-4,6,8H,1-2,5,7H2,(H2,15,17)/t8-/m0/s1. The van der Waals surface area contributed by atoms with Gasteiger partial charge in [-0.1, -0.05) is 0 Å². The summed E-state index contributed by atoms with van der Waals surface area (Å²) in [7, 11) is -3.95. The van der Waals surface area contributed by atoms with E-state index in [1.54, 1.807) is 0 Å². The first-order valence-corrected chi connectivity index (χ1v) is 7.51. The molecule has 110 valence electrons. The summed E-state index contributed by atoms with van der Waals surface area (Å²) in [5.41, 5.74) is 5.19. The maximum atomic E-state index is 13.1. The number of nitrogens with zero attached hydrogens (tertiary/aromatic N) is 1. The number of hydrogen-bond donors (Lipinski definition) is 1. The van der Waals surface area contributed by atoms with Gasteiger partial charge in [-0.05, 0) is 31.0 Å². The molecule has 1 amide bonds. The molecule has 0 bridgehead atoms. The zero-order chi connectivity index (χ0) is 14.9. The highest BCUT2D eigenvalue weighted by Crippen LogP contribution is 2.24. The van der Waals surface area contributed by atoms with Crippen LogP contribution in [0.1, 0.15) is 12.8 Å². The maximum absolute atomic E-state index is 13.1. The lowest BCUT2D eigenvalue weighted by molar-refractivity contribution is -0.122. The van der Waals surface area contributed by atoms with Gasteiger partial charge in [-0.25, -0.2) is 17.2 Å². The van der Waals surface area contributed by atoms with Crippen molar-refractivity contribution in [2.75, 3.05) is 13.1 Å². The molecule has 1 aliphatic heterocycles. The highest BCUT2D eigenvalue weighted by Gasteiger charge is 2.32. The number of primary amides is 1. The number of rotatable bonds is 3. The molecule has 1 aromatic rings. The number of carbonyl (C=O) groups is 1. The van der Waals surface area contributed by atoms with Crippen LogP contribution in [0.4, 0.5) is 8.78 Å². The second-order valence-electron chi connectivity index (χ2n) is 4.68. The Hall–Kier alpha value is -1.54. The highest BCUT2D eigenvalue weighted by molar-refractivity contribution is 7.89. The number of amides is 1. The molecule has 2 rings (SSSR count). The zero-order valence-electron chi connectivity index (χ0n) is 10.6. The maximum Gasteiger partial charge on any atom is 0.243 e. The van der Waals surface area contributed by atoms with Gasteiger partial charge in [-0.2, -0.15) is 4.31 Å². The zero-order valence-corrected chi connectivity index (χ0v) is 11.4. The second kappa shape index (κ2) is 5.45. The Morgan fingerprint density at radius 3 is 2.60 bits per heavy atom. The summed E-state index contributed by atoms with van der Waals surface area (Å²) >= 11 is 0. The first-order chi connectivity index (χ1) is 9.32. The molecule has 1 heterocycles. The molecule has 1 aromatic carbocycles. The van der Waals surface area contributed by atoms with Crippen LogP contribution in [0.5, 0.6) is 0 Å². The van der Waals surface area contributed by atoms with Crippen LogP contribution in [0.25, 0.3) is 0 Å². The third kappa shape index (κ3) is 2.80. The molecule has 0 saturated carbocycles. The minimum absolute atomic E-state index is 0.0311. The summed E-state index contributed by atoms with van der Waals surface area (Å²) in [6.45, 7) is 0.196. The third-order valence-electron chi connectivity index (χ3n) is 3.32. The highest BCUT2D eigenvalue weighted by atomic mass is 32.2. The molecule has 1 saturated heterocycles. The van der Waals surface area contributed by atoms with Crippen LogP contribution < -0.4 is 5.73 Å². The quantitative estimate of drug-likeness (QED) is 0.899. The Morgan fingerprint density at radius 2 is 2.00 bits per heavy atom. The van der Waals surface area contributed by atoms with Crippen molar-refractivity contribution in [2.24, 2.45) is 11.7 Å². The van der Waals surface area contributed by atoms with Gasteiger partial charge in [0.25, 0.3) is 0 Å². The number of piperidine rings is 1. The summed E-state index contributed by atoms with van der Waals surface area (Å²) in [6, 6.07) is 2.40. The predicted molar refractivity (Wildman–Crippen MR) is 67.0 cm³/mol. The van der Waals surface area contributed by atoms with E-state index in [4.69, 9.17) is 5.73 Å². The van der Waals surface area contributed by atoms with E-state index in [0.717, 1.165) is 16.4 Å². The summed E-state index contributed by atoms with van der Waals surface area (Å²) in [6.07, 6.45) is 1.02. The van der Waals surface area contributed by atoms with E-state index in [1.165, 1.54) is 0 Å². The van der Waals surface area contributed by atoms with Gasteiger partial charge in [0.1, 0.15) is 0 Å². The van der Waals surface area contributed by atoms with Crippen molar-refractivity contribution in [3.63, 3.8) is 0 Å². The van der Waals surface area contributed by atoms with Crippen molar-refractivity contribution >= 4 is 15.9 Å². The minimum atomic E-state index is -3.95. The molecule has 0 unspecified atom stereocenters. The molecule has 20 heavy (non-hydrogen) atoms. The van der Waals surface area contributed by atoms with Gasteiger partial charge in [-0.3, -0.25) is 4.79 Å². The topological polar surface area (TPSA) is 80.5 Å². The SMILES string of the molecule is NC(=O)[C@H]1CCCN(S(=O)(=O)c2ccc(F)c(F)c2)C1. The van der Waals surface area contributed by atoms with Crippen molar-refractivity contribution in [1.82, 2.24) is 4.31 Å². The molecule has 1 aliphatic rings. The van der Waals surface area contributed by atoms with Gasteiger partial charge in [0.15, 0.2) is 11.6 Å². The van der Waals surface area contributed by atoms with Crippen molar-refractivity contribution in [1.29, 1.82) is 0 Å². The molecule has 1 fully saturated rings. The van der Waals surface area contributed by atoms with E-state index in [0.29, 0.717) is 18.9 Å². The fourth-order valence-electron chi connectivity index (χ4n) is 2.18. The summed E-state index contributed by atoms with van der Waals surface area (Å²) in [5.74, 6) is -3.45. The third-order valence-corrected chi connectivity index (χ3v) is 5.18. The number of nitrogens with two attached hydrogens (primary N) is 1. The Kier molecular flexibility index (Phi) is 4.05. The van der Waals surface area contributed by atoms with E-state index >= 15 is 0 Å². The van der Waals surface area contributed by atoms with Crippen molar-refractivity contribution < 1.29 is 22.0 Å². The van der Waals surface area contributed by atoms with E-state index < -0.39 is 33.5 Å². The van der Waals surface area contributed by atoms with E-state index in [-0.39, 0.29) is 18.0 Å². The summed E-state index contributed by atoms with van der Waals surface area (Å²) < 4.78 is 51.7. The predicted octanol–water partition coefficient (Wildman–Crippen LogP) is 0.851. The van der Waals surface area contributed by atoms with Crippen molar-refractivity contribution in [2.45, 2.75) is 17.7 Å². The lowest BCUT2D eigenvalue weighted by Crippen LogP contribution is -2.44. The molecule has 1 atom stereocenters. The first-order valence-electron chi connectivity index (χ1n) is 6.07. The van der Waals surface area contributed by atoms with Gasteiger partial charge in [0.2, 0.25) is 15.9 Å². The van der Waals surface area contributed by atoms with Gasteiger partial charge >= 0.3 is 0 Å². The normalized spacial score (nSPS) is 20.8. The van der Waals surface area contributed by atoms with Crippen molar-refractivity contribution in [3.05, 3.63) is 29.8 Å². The average Bonchev–Trinajstić information content (AvgIpc) is 2.42.